The predicted octanol–water partition coefficient (Wildman–Crippen LogP) is 3.65. The molecule has 0 aliphatic carbocycles. The minimum Gasteiger partial charge on any atom is -0.382 e. The number of amides is 1. The van der Waals surface area contributed by atoms with Gasteiger partial charge in [0.15, 0.2) is 0 Å². The van der Waals surface area contributed by atoms with E-state index in [2.05, 4.69) is 46.8 Å². The zero-order chi connectivity index (χ0) is 16.9. The summed E-state index contributed by atoms with van der Waals surface area (Å²) < 4.78 is 1.34. The monoisotopic (exact) mass is 345 g/mol. The molecule has 5 heteroatoms. The van der Waals surface area contributed by atoms with Gasteiger partial charge in [-0.3, -0.25) is 9.69 Å². The number of thiophene rings is 1. The highest BCUT2D eigenvalue weighted by molar-refractivity contribution is 7.17. The van der Waals surface area contributed by atoms with Crippen LogP contribution >= 0.6 is 11.3 Å². The Bertz CT molecular complexity index is 676. The van der Waals surface area contributed by atoms with Gasteiger partial charge in [-0.1, -0.05) is 13.0 Å². The van der Waals surface area contributed by atoms with E-state index in [0.717, 1.165) is 38.9 Å². The quantitative estimate of drug-likeness (QED) is 0.868. The summed E-state index contributed by atoms with van der Waals surface area (Å²) in [6.07, 6.45) is 3.19. The molecule has 4 nitrogen and oxygen atoms in total. The molecule has 2 aromatic rings. The number of benzene rings is 1. The zero-order valence-corrected chi connectivity index (χ0v) is 15.4. The van der Waals surface area contributed by atoms with E-state index in [-0.39, 0.29) is 5.91 Å². The lowest BCUT2D eigenvalue weighted by Gasteiger charge is -2.33. The number of likely N-dealkylation sites (tertiary alicyclic amines) is 1. The van der Waals surface area contributed by atoms with Crippen LogP contribution in [0.2, 0.25) is 0 Å². The third-order valence-corrected chi connectivity index (χ3v) is 5.67. The molecule has 1 aliphatic rings. The van der Waals surface area contributed by atoms with Crippen molar-refractivity contribution in [2.45, 2.75) is 32.2 Å². The molecule has 2 heterocycles. The molecular weight excluding hydrogens is 318 g/mol. The number of nitrogens with zero attached hydrogens (tertiary/aromatic N) is 2. The summed E-state index contributed by atoms with van der Waals surface area (Å²) in [6, 6.07) is 9.16. The number of piperidine rings is 1. The molecule has 130 valence electrons. The molecule has 24 heavy (non-hydrogen) atoms. The Labute approximate surface area is 148 Å². The number of fused-ring (bicyclic) bond motifs is 1. The van der Waals surface area contributed by atoms with Crippen LogP contribution in [0.3, 0.4) is 0 Å². The lowest BCUT2D eigenvalue weighted by atomic mass is 10.0. The normalized spacial score (nSPS) is 16.4. The molecule has 1 aromatic heterocycles. The maximum Gasteiger partial charge on any atom is 0.236 e. The van der Waals surface area contributed by atoms with E-state index in [4.69, 9.17) is 0 Å². The van der Waals surface area contributed by atoms with Crippen molar-refractivity contribution in [3.63, 3.8) is 0 Å². The maximum absolute atomic E-state index is 12.2. The van der Waals surface area contributed by atoms with Gasteiger partial charge in [0.2, 0.25) is 5.91 Å². The van der Waals surface area contributed by atoms with Crippen molar-refractivity contribution in [2.75, 3.05) is 38.5 Å². The lowest BCUT2D eigenvalue weighted by molar-refractivity contribution is -0.131. The van der Waals surface area contributed by atoms with E-state index < -0.39 is 0 Å². The molecule has 3 rings (SSSR count). The number of rotatable bonds is 6. The summed E-state index contributed by atoms with van der Waals surface area (Å²) in [5.41, 5.74) is 1.24. The SMILES string of the molecule is CCCN(C)C(=O)CN1CCC(Nc2cccc3sccc23)CC1. The van der Waals surface area contributed by atoms with Gasteiger partial charge in [-0.05, 0) is 42.8 Å². The number of hydrogen-bond donors (Lipinski definition) is 1. The van der Waals surface area contributed by atoms with E-state index >= 15 is 0 Å². The second-order valence-corrected chi connectivity index (χ2v) is 7.60. The van der Waals surface area contributed by atoms with Crippen molar-refractivity contribution in [3.8, 4) is 0 Å². The maximum atomic E-state index is 12.2. The Morgan fingerprint density at radius 1 is 1.33 bits per heavy atom. The van der Waals surface area contributed by atoms with Crippen LogP contribution in [0.15, 0.2) is 29.6 Å². The van der Waals surface area contributed by atoms with E-state index in [0.29, 0.717) is 12.6 Å². The van der Waals surface area contributed by atoms with Gasteiger partial charge in [0.25, 0.3) is 0 Å². The number of carbonyl (C=O) groups excluding carboxylic acids is 1. The summed E-state index contributed by atoms with van der Waals surface area (Å²) in [6.45, 7) is 5.49. The van der Waals surface area contributed by atoms with Crippen LogP contribution in [-0.2, 0) is 4.79 Å². The fourth-order valence-electron chi connectivity index (χ4n) is 3.35. The van der Waals surface area contributed by atoms with Gasteiger partial charge in [0, 0.05) is 48.5 Å². The van der Waals surface area contributed by atoms with Gasteiger partial charge in [0.05, 0.1) is 6.54 Å². The molecule has 0 atom stereocenters. The predicted molar refractivity (Wildman–Crippen MR) is 103 cm³/mol. The number of hydrogen-bond acceptors (Lipinski definition) is 4. The minimum absolute atomic E-state index is 0.242. The third kappa shape index (κ3) is 4.08. The summed E-state index contributed by atoms with van der Waals surface area (Å²) in [4.78, 5) is 16.3. The number of carbonyl (C=O) groups is 1. The standard InChI is InChI=1S/C19H27N3OS/c1-3-10-21(2)19(23)14-22-11-7-15(8-12-22)20-17-5-4-6-18-16(17)9-13-24-18/h4-6,9,13,15,20H,3,7-8,10-12,14H2,1-2H3. The first-order valence-electron chi connectivity index (χ1n) is 8.86. The Balaban J connectivity index is 1.50. The number of nitrogens with one attached hydrogen (secondary N) is 1. The minimum atomic E-state index is 0.242. The molecule has 0 unspecified atom stereocenters. The third-order valence-electron chi connectivity index (χ3n) is 4.79. The average molecular weight is 346 g/mol. The Morgan fingerprint density at radius 2 is 2.12 bits per heavy atom. The lowest BCUT2D eigenvalue weighted by Crippen LogP contribution is -2.44. The average Bonchev–Trinajstić information content (AvgIpc) is 3.06. The van der Waals surface area contributed by atoms with Gasteiger partial charge in [-0.15, -0.1) is 11.3 Å². The number of likely N-dealkylation sites (N-methyl/N-ethyl adjacent to an activating group) is 1. The van der Waals surface area contributed by atoms with Crippen LogP contribution < -0.4 is 5.32 Å². The smallest absolute Gasteiger partial charge is 0.236 e. The van der Waals surface area contributed by atoms with Crippen LogP contribution in [0.25, 0.3) is 10.1 Å². The van der Waals surface area contributed by atoms with Crippen LogP contribution in [0.5, 0.6) is 0 Å². The van der Waals surface area contributed by atoms with Gasteiger partial charge in [-0.25, -0.2) is 0 Å². The van der Waals surface area contributed by atoms with Crippen molar-refractivity contribution in [1.82, 2.24) is 9.80 Å². The summed E-state index contributed by atoms with van der Waals surface area (Å²) in [5, 5.41) is 7.18. The highest BCUT2D eigenvalue weighted by Crippen LogP contribution is 2.29. The van der Waals surface area contributed by atoms with Gasteiger partial charge >= 0.3 is 0 Å². The first kappa shape index (κ1) is 17.2. The molecule has 1 fully saturated rings. The first-order chi connectivity index (χ1) is 11.7. The second kappa shape index (κ2) is 7.99. The van der Waals surface area contributed by atoms with Crippen molar-refractivity contribution >= 4 is 33.0 Å². The summed E-state index contributed by atoms with van der Waals surface area (Å²) in [5.74, 6) is 0.242. The van der Waals surface area contributed by atoms with E-state index in [9.17, 15) is 4.79 Å². The molecule has 1 aliphatic heterocycles. The molecule has 0 saturated carbocycles. The summed E-state index contributed by atoms with van der Waals surface area (Å²) >= 11 is 1.79. The van der Waals surface area contributed by atoms with Crippen molar-refractivity contribution in [1.29, 1.82) is 0 Å². The van der Waals surface area contributed by atoms with Crippen LogP contribution in [0.1, 0.15) is 26.2 Å². The Hall–Kier alpha value is -1.59. The summed E-state index contributed by atoms with van der Waals surface area (Å²) in [7, 11) is 1.90. The van der Waals surface area contributed by atoms with Crippen LogP contribution in [0.4, 0.5) is 5.69 Å². The van der Waals surface area contributed by atoms with E-state index in [1.807, 2.05) is 11.9 Å². The van der Waals surface area contributed by atoms with Crippen molar-refractivity contribution in [3.05, 3.63) is 29.6 Å². The van der Waals surface area contributed by atoms with Crippen LogP contribution in [-0.4, -0.2) is 55.0 Å². The molecule has 1 N–H and O–H groups in total. The Morgan fingerprint density at radius 3 is 2.88 bits per heavy atom. The molecule has 1 aromatic carbocycles. The van der Waals surface area contributed by atoms with Gasteiger partial charge < -0.3 is 10.2 Å². The fraction of sp³-hybridized carbons (Fsp3) is 0.526. The van der Waals surface area contributed by atoms with Crippen molar-refractivity contribution in [2.24, 2.45) is 0 Å². The molecule has 0 spiro atoms. The van der Waals surface area contributed by atoms with E-state index in [1.165, 1.54) is 15.8 Å². The molecule has 1 amide bonds. The zero-order valence-electron chi connectivity index (χ0n) is 14.6. The van der Waals surface area contributed by atoms with Gasteiger partial charge in [-0.2, -0.15) is 0 Å². The number of anilines is 1. The van der Waals surface area contributed by atoms with E-state index in [1.54, 1.807) is 11.3 Å². The first-order valence-corrected chi connectivity index (χ1v) is 9.74. The molecule has 0 radical (unpaired) electrons. The Kier molecular flexibility index (Phi) is 5.74. The highest BCUT2D eigenvalue weighted by Gasteiger charge is 2.22. The fourth-order valence-corrected chi connectivity index (χ4v) is 4.16. The largest absolute Gasteiger partial charge is 0.382 e. The second-order valence-electron chi connectivity index (χ2n) is 6.65. The van der Waals surface area contributed by atoms with Crippen LogP contribution in [0, 0.1) is 0 Å². The highest BCUT2D eigenvalue weighted by atomic mass is 32.1. The molecular formula is C19H27N3OS. The molecule has 0 bridgehead atoms. The van der Waals surface area contributed by atoms with Crippen molar-refractivity contribution < 1.29 is 4.79 Å². The topological polar surface area (TPSA) is 35.6 Å². The molecule has 1 saturated heterocycles. The van der Waals surface area contributed by atoms with Gasteiger partial charge in [0.1, 0.15) is 0 Å².